The fourth-order valence-electron chi connectivity index (χ4n) is 1.60. The average Bonchev–Trinajstić information content (AvgIpc) is 2.88. The second-order valence-corrected chi connectivity index (χ2v) is 4.13. The third-order valence-corrected chi connectivity index (χ3v) is 3.18. The van der Waals surface area contributed by atoms with Crippen molar-refractivity contribution < 1.29 is 9.53 Å². The molecular weight excluding hydrogens is 200 g/mol. The van der Waals surface area contributed by atoms with Crippen molar-refractivity contribution >= 4 is 17.3 Å². The standard InChI is InChI=1S/C9H12N2O2S/c1-13-6-4-7(10-5-6)9(12)8-2-3-11-14-8/h2-3,6-7,10H,4-5H2,1H3. The number of nitrogens with zero attached hydrogens (tertiary/aromatic N) is 1. The fourth-order valence-corrected chi connectivity index (χ4v) is 2.19. The summed E-state index contributed by atoms with van der Waals surface area (Å²) in [5, 5.41) is 3.15. The van der Waals surface area contributed by atoms with Gasteiger partial charge in [-0.05, 0) is 24.0 Å². The topological polar surface area (TPSA) is 51.2 Å². The van der Waals surface area contributed by atoms with Gasteiger partial charge in [-0.2, -0.15) is 0 Å². The highest BCUT2D eigenvalue weighted by Gasteiger charge is 2.30. The Morgan fingerprint density at radius 2 is 2.64 bits per heavy atom. The summed E-state index contributed by atoms with van der Waals surface area (Å²) in [6.45, 7) is 0.756. The number of rotatable bonds is 3. The number of nitrogens with one attached hydrogen (secondary N) is 1. The van der Waals surface area contributed by atoms with Crippen LogP contribution in [-0.4, -0.2) is 36.0 Å². The van der Waals surface area contributed by atoms with Gasteiger partial charge in [0.1, 0.15) is 0 Å². The first kappa shape index (κ1) is 9.76. The van der Waals surface area contributed by atoms with Crippen molar-refractivity contribution in [3.63, 3.8) is 0 Å². The normalized spacial score (nSPS) is 26.6. The summed E-state index contributed by atoms with van der Waals surface area (Å²) in [6, 6.07) is 1.66. The van der Waals surface area contributed by atoms with Gasteiger partial charge in [-0.15, -0.1) is 0 Å². The highest BCUT2D eigenvalue weighted by Crippen LogP contribution is 2.16. The highest BCUT2D eigenvalue weighted by molar-refractivity contribution is 7.08. The zero-order valence-corrected chi connectivity index (χ0v) is 8.71. The summed E-state index contributed by atoms with van der Waals surface area (Å²) in [5.74, 6) is 0.132. The van der Waals surface area contributed by atoms with Crippen LogP contribution in [0.5, 0.6) is 0 Å². The molecule has 0 spiro atoms. The highest BCUT2D eigenvalue weighted by atomic mass is 32.1. The largest absolute Gasteiger partial charge is 0.380 e. The molecule has 0 amide bonds. The van der Waals surface area contributed by atoms with Crippen molar-refractivity contribution in [2.75, 3.05) is 13.7 Å². The predicted molar refractivity (Wildman–Crippen MR) is 53.6 cm³/mol. The molecule has 0 aromatic carbocycles. The number of hydrogen-bond donors (Lipinski definition) is 1. The molecule has 1 aliphatic rings. The van der Waals surface area contributed by atoms with E-state index in [0.717, 1.165) is 17.8 Å². The Bertz CT molecular complexity index is 313. The number of Topliss-reactive ketones (excluding diaryl/α,β-unsaturated/α-hetero) is 1. The van der Waals surface area contributed by atoms with Crippen molar-refractivity contribution in [3.05, 3.63) is 17.1 Å². The molecule has 2 atom stereocenters. The number of carbonyl (C=O) groups is 1. The van der Waals surface area contributed by atoms with Crippen LogP contribution in [0.3, 0.4) is 0 Å². The Balaban J connectivity index is 2.00. The minimum Gasteiger partial charge on any atom is -0.380 e. The lowest BCUT2D eigenvalue weighted by Crippen LogP contribution is -2.30. The Morgan fingerprint density at radius 3 is 3.21 bits per heavy atom. The van der Waals surface area contributed by atoms with Gasteiger partial charge in [-0.3, -0.25) is 4.79 Å². The minimum atomic E-state index is -0.0969. The Morgan fingerprint density at radius 1 is 1.79 bits per heavy atom. The van der Waals surface area contributed by atoms with Crippen molar-refractivity contribution in [2.24, 2.45) is 0 Å². The third kappa shape index (κ3) is 1.84. The maximum absolute atomic E-state index is 11.8. The van der Waals surface area contributed by atoms with Crippen molar-refractivity contribution in [1.82, 2.24) is 9.69 Å². The van der Waals surface area contributed by atoms with Crippen LogP contribution in [0.1, 0.15) is 16.1 Å². The summed E-state index contributed by atoms with van der Waals surface area (Å²) in [4.78, 5) is 12.5. The van der Waals surface area contributed by atoms with Crippen LogP contribution in [0.15, 0.2) is 12.3 Å². The summed E-state index contributed by atoms with van der Waals surface area (Å²) in [7, 11) is 1.67. The van der Waals surface area contributed by atoms with Gasteiger partial charge in [0.2, 0.25) is 0 Å². The number of aromatic nitrogens is 1. The molecule has 0 radical (unpaired) electrons. The Labute approximate surface area is 86.4 Å². The molecule has 2 rings (SSSR count). The molecule has 0 aliphatic carbocycles. The summed E-state index contributed by atoms with van der Waals surface area (Å²) in [6.07, 6.45) is 2.57. The SMILES string of the molecule is COC1CNC(C(=O)c2ccns2)C1. The first-order valence-corrected chi connectivity index (χ1v) is 5.29. The average molecular weight is 212 g/mol. The van der Waals surface area contributed by atoms with Crippen molar-refractivity contribution in [1.29, 1.82) is 0 Å². The zero-order chi connectivity index (χ0) is 9.97. The van der Waals surface area contributed by atoms with Gasteiger partial charge in [0.25, 0.3) is 0 Å². The van der Waals surface area contributed by atoms with Gasteiger partial charge in [0.15, 0.2) is 5.78 Å². The number of ketones is 1. The van der Waals surface area contributed by atoms with E-state index in [0.29, 0.717) is 0 Å². The van der Waals surface area contributed by atoms with E-state index < -0.39 is 0 Å². The van der Waals surface area contributed by atoms with Gasteiger partial charge >= 0.3 is 0 Å². The van der Waals surface area contributed by atoms with Crippen LogP contribution in [0.4, 0.5) is 0 Å². The maximum Gasteiger partial charge on any atom is 0.191 e. The second kappa shape index (κ2) is 4.16. The molecule has 4 nitrogen and oxygen atoms in total. The maximum atomic E-state index is 11.8. The Hall–Kier alpha value is -0.780. The van der Waals surface area contributed by atoms with E-state index in [1.165, 1.54) is 11.5 Å². The van der Waals surface area contributed by atoms with Gasteiger partial charge in [-0.1, -0.05) is 0 Å². The van der Waals surface area contributed by atoms with Gasteiger partial charge in [0, 0.05) is 19.9 Å². The first-order valence-electron chi connectivity index (χ1n) is 4.52. The van der Waals surface area contributed by atoms with E-state index in [1.807, 2.05) is 0 Å². The lowest BCUT2D eigenvalue weighted by molar-refractivity contribution is 0.0922. The summed E-state index contributed by atoms with van der Waals surface area (Å²) in [5.41, 5.74) is 0. The molecule has 1 saturated heterocycles. The lowest BCUT2D eigenvalue weighted by atomic mass is 10.1. The van der Waals surface area contributed by atoms with E-state index >= 15 is 0 Å². The molecule has 1 fully saturated rings. The van der Waals surface area contributed by atoms with Crippen LogP contribution in [0.25, 0.3) is 0 Å². The molecule has 14 heavy (non-hydrogen) atoms. The monoisotopic (exact) mass is 212 g/mol. The van der Waals surface area contributed by atoms with E-state index in [9.17, 15) is 4.79 Å². The van der Waals surface area contributed by atoms with E-state index in [-0.39, 0.29) is 17.9 Å². The van der Waals surface area contributed by atoms with Crippen LogP contribution in [-0.2, 0) is 4.74 Å². The molecule has 1 aromatic heterocycles. The fraction of sp³-hybridized carbons (Fsp3) is 0.556. The van der Waals surface area contributed by atoms with Crippen LogP contribution >= 0.6 is 11.5 Å². The van der Waals surface area contributed by atoms with E-state index in [4.69, 9.17) is 4.74 Å². The number of hydrogen-bond acceptors (Lipinski definition) is 5. The summed E-state index contributed by atoms with van der Waals surface area (Å²) >= 11 is 1.25. The predicted octanol–water partition coefficient (Wildman–Crippen LogP) is 0.703. The third-order valence-electron chi connectivity index (χ3n) is 2.42. The summed E-state index contributed by atoms with van der Waals surface area (Å²) < 4.78 is 9.10. The number of carbonyl (C=O) groups excluding carboxylic acids is 1. The molecule has 1 aliphatic heterocycles. The molecule has 2 heterocycles. The number of ether oxygens (including phenoxy) is 1. The van der Waals surface area contributed by atoms with Crippen LogP contribution in [0, 0.1) is 0 Å². The second-order valence-electron chi connectivity index (χ2n) is 3.30. The van der Waals surface area contributed by atoms with Gasteiger partial charge in [-0.25, -0.2) is 4.37 Å². The van der Waals surface area contributed by atoms with Crippen LogP contribution in [0.2, 0.25) is 0 Å². The molecular formula is C9H12N2O2S. The molecule has 5 heteroatoms. The molecule has 0 saturated carbocycles. The van der Waals surface area contributed by atoms with Gasteiger partial charge in [0.05, 0.1) is 17.0 Å². The number of methoxy groups -OCH3 is 1. The quantitative estimate of drug-likeness (QED) is 0.749. The van der Waals surface area contributed by atoms with Gasteiger partial charge < -0.3 is 10.1 Å². The zero-order valence-electron chi connectivity index (χ0n) is 7.90. The lowest BCUT2D eigenvalue weighted by Gasteiger charge is -2.06. The molecule has 1 aromatic rings. The molecule has 1 N–H and O–H groups in total. The smallest absolute Gasteiger partial charge is 0.191 e. The molecule has 2 unspecified atom stereocenters. The molecule has 0 bridgehead atoms. The van der Waals surface area contributed by atoms with Crippen molar-refractivity contribution in [3.8, 4) is 0 Å². The van der Waals surface area contributed by atoms with E-state index in [2.05, 4.69) is 9.69 Å². The first-order chi connectivity index (χ1) is 6.81. The Kier molecular flexibility index (Phi) is 2.90. The van der Waals surface area contributed by atoms with Crippen LogP contribution < -0.4 is 5.32 Å². The molecule has 76 valence electrons. The minimum absolute atomic E-state index is 0.0969. The van der Waals surface area contributed by atoms with E-state index in [1.54, 1.807) is 19.4 Å². The van der Waals surface area contributed by atoms with Crippen molar-refractivity contribution in [2.45, 2.75) is 18.6 Å².